The van der Waals surface area contributed by atoms with Crippen LogP contribution in [0.4, 0.5) is 11.5 Å². The van der Waals surface area contributed by atoms with Crippen LogP contribution in [-0.2, 0) is 21.1 Å². The summed E-state index contributed by atoms with van der Waals surface area (Å²) in [6.07, 6.45) is 0. The summed E-state index contributed by atoms with van der Waals surface area (Å²) in [5.41, 5.74) is 8.53. The fraction of sp³-hybridized carbons (Fsp3) is 0.318. The number of ether oxygens (including phenoxy) is 1. The Morgan fingerprint density at radius 2 is 1.90 bits per heavy atom. The van der Waals surface area contributed by atoms with Crippen LogP contribution in [-0.4, -0.2) is 51.0 Å². The fourth-order valence-electron chi connectivity index (χ4n) is 3.97. The van der Waals surface area contributed by atoms with E-state index in [0.29, 0.717) is 37.7 Å². The van der Waals surface area contributed by atoms with Gasteiger partial charge in [0.05, 0.1) is 34.9 Å². The molecule has 0 amide bonds. The number of sulfone groups is 1. The van der Waals surface area contributed by atoms with Crippen molar-refractivity contribution in [2.24, 2.45) is 5.73 Å². The van der Waals surface area contributed by atoms with Gasteiger partial charge in [-0.05, 0) is 17.7 Å². The van der Waals surface area contributed by atoms with Gasteiger partial charge in [0.2, 0.25) is 0 Å². The van der Waals surface area contributed by atoms with E-state index in [1.54, 1.807) is 12.1 Å². The monoisotopic (exact) mass is 424 g/mol. The molecule has 1 fully saturated rings. The molecule has 1 saturated heterocycles. The fourth-order valence-corrected chi connectivity index (χ4v) is 5.46. The summed E-state index contributed by atoms with van der Waals surface area (Å²) in [4.78, 5) is 7.29. The van der Waals surface area contributed by atoms with Crippen molar-refractivity contribution in [3.8, 4) is 0 Å². The highest BCUT2D eigenvalue weighted by molar-refractivity contribution is 7.91. The van der Waals surface area contributed by atoms with Crippen LogP contribution in [0.25, 0.3) is 10.9 Å². The van der Waals surface area contributed by atoms with Crippen molar-refractivity contribution in [2.45, 2.75) is 17.0 Å². The molecule has 3 N–H and O–H groups in total. The zero-order valence-electron chi connectivity index (χ0n) is 16.5. The van der Waals surface area contributed by atoms with E-state index in [-0.39, 0.29) is 11.3 Å². The van der Waals surface area contributed by atoms with Crippen LogP contribution in [0, 0.1) is 0 Å². The van der Waals surface area contributed by atoms with Crippen LogP contribution in [0.15, 0.2) is 59.5 Å². The predicted octanol–water partition coefficient (Wildman–Crippen LogP) is 2.17. The first-order chi connectivity index (χ1) is 14.4. The molecule has 0 spiro atoms. The summed E-state index contributed by atoms with van der Waals surface area (Å²) in [7, 11) is -3.31. The van der Waals surface area contributed by atoms with Gasteiger partial charge in [-0.2, -0.15) is 0 Å². The summed E-state index contributed by atoms with van der Waals surface area (Å²) in [6, 6.07) is 17.1. The Morgan fingerprint density at radius 3 is 2.70 bits per heavy atom. The van der Waals surface area contributed by atoms with E-state index >= 15 is 0 Å². The van der Waals surface area contributed by atoms with Gasteiger partial charge in [0.25, 0.3) is 0 Å². The van der Waals surface area contributed by atoms with Crippen molar-refractivity contribution < 1.29 is 13.2 Å². The molecule has 3 heterocycles. The molecule has 2 aliphatic heterocycles. The number of rotatable bonds is 4. The van der Waals surface area contributed by atoms with Crippen molar-refractivity contribution in [3.05, 3.63) is 60.2 Å². The van der Waals surface area contributed by atoms with E-state index in [0.717, 1.165) is 28.0 Å². The van der Waals surface area contributed by atoms with E-state index in [1.807, 2.05) is 47.4 Å². The lowest BCUT2D eigenvalue weighted by Crippen LogP contribution is -2.61. The minimum absolute atomic E-state index is 0.0601. The number of fused-ring (bicyclic) bond motifs is 2. The topological polar surface area (TPSA) is 97.6 Å². The zero-order valence-corrected chi connectivity index (χ0v) is 17.4. The lowest BCUT2D eigenvalue weighted by atomic mass is 9.99. The first kappa shape index (κ1) is 19.3. The van der Waals surface area contributed by atoms with E-state index in [2.05, 4.69) is 5.32 Å². The summed E-state index contributed by atoms with van der Waals surface area (Å²) >= 11 is 0. The van der Waals surface area contributed by atoms with Gasteiger partial charge in [0.15, 0.2) is 9.84 Å². The second-order valence-electron chi connectivity index (χ2n) is 8.10. The number of pyridine rings is 1. The molecule has 1 aromatic heterocycles. The summed E-state index contributed by atoms with van der Waals surface area (Å²) in [6.45, 7) is 2.55. The minimum atomic E-state index is -3.31. The van der Waals surface area contributed by atoms with Gasteiger partial charge < -0.3 is 20.7 Å². The molecule has 156 valence electrons. The minimum Gasteiger partial charge on any atom is -0.382 e. The highest BCUT2D eigenvalue weighted by atomic mass is 32.2. The number of nitrogens with one attached hydrogen (secondary N) is 1. The molecule has 0 aliphatic carbocycles. The maximum absolute atomic E-state index is 12.7. The van der Waals surface area contributed by atoms with Gasteiger partial charge in [0, 0.05) is 36.8 Å². The quantitative estimate of drug-likeness (QED) is 0.662. The van der Waals surface area contributed by atoms with Crippen molar-refractivity contribution >= 4 is 32.2 Å². The molecule has 30 heavy (non-hydrogen) atoms. The zero-order chi connectivity index (χ0) is 20.8. The second-order valence-corrected chi connectivity index (χ2v) is 10.2. The van der Waals surface area contributed by atoms with Crippen LogP contribution >= 0.6 is 0 Å². The largest absolute Gasteiger partial charge is 0.382 e. The lowest BCUT2D eigenvalue weighted by Gasteiger charge is -2.38. The number of anilines is 2. The van der Waals surface area contributed by atoms with Crippen LogP contribution < -0.4 is 16.0 Å². The van der Waals surface area contributed by atoms with Crippen molar-refractivity contribution in [1.29, 1.82) is 0 Å². The molecule has 2 aliphatic rings. The highest BCUT2D eigenvalue weighted by Gasteiger charge is 2.34. The maximum atomic E-state index is 12.7. The number of hydrogen-bond donors (Lipinski definition) is 2. The molecular formula is C22H24N4O3S. The number of benzene rings is 2. The Hall–Kier alpha value is -2.68. The van der Waals surface area contributed by atoms with E-state index in [4.69, 9.17) is 15.5 Å². The lowest BCUT2D eigenvalue weighted by molar-refractivity contribution is -0.0461. The Kier molecular flexibility index (Phi) is 4.65. The Labute approximate surface area is 175 Å². The molecule has 2 aromatic carbocycles. The van der Waals surface area contributed by atoms with Crippen molar-refractivity contribution in [2.75, 3.05) is 42.3 Å². The predicted molar refractivity (Wildman–Crippen MR) is 118 cm³/mol. The third-order valence-corrected chi connectivity index (χ3v) is 7.52. The number of nitrogens with two attached hydrogens (primary N) is 1. The molecule has 0 radical (unpaired) electrons. The number of aromatic nitrogens is 1. The molecule has 0 unspecified atom stereocenters. The smallest absolute Gasteiger partial charge is 0.180 e. The van der Waals surface area contributed by atoms with Crippen LogP contribution in [0.2, 0.25) is 0 Å². The molecular weight excluding hydrogens is 400 g/mol. The number of hydrogen-bond acceptors (Lipinski definition) is 7. The van der Waals surface area contributed by atoms with Crippen molar-refractivity contribution in [3.63, 3.8) is 0 Å². The van der Waals surface area contributed by atoms with Gasteiger partial charge >= 0.3 is 0 Å². The molecule has 5 rings (SSSR count). The Bertz CT molecular complexity index is 1210. The normalized spacial score (nSPS) is 19.6. The maximum Gasteiger partial charge on any atom is 0.180 e. The second kappa shape index (κ2) is 7.23. The average molecular weight is 425 g/mol. The molecule has 8 heteroatoms. The number of nitrogens with zero attached hydrogens (tertiary/aromatic N) is 2. The first-order valence-electron chi connectivity index (χ1n) is 10.00. The van der Waals surface area contributed by atoms with Gasteiger partial charge in [-0.15, -0.1) is 0 Å². The molecule has 3 aromatic rings. The summed E-state index contributed by atoms with van der Waals surface area (Å²) in [5.74, 6) is 0.809. The van der Waals surface area contributed by atoms with Gasteiger partial charge in [-0.25, -0.2) is 13.4 Å². The molecule has 7 nitrogen and oxygen atoms in total. The summed E-state index contributed by atoms with van der Waals surface area (Å²) in [5, 5.41) is 4.48. The van der Waals surface area contributed by atoms with Crippen molar-refractivity contribution in [1.82, 2.24) is 4.98 Å². The summed E-state index contributed by atoms with van der Waals surface area (Å²) < 4.78 is 30.7. The third kappa shape index (κ3) is 3.51. The van der Waals surface area contributed by atoms with Gasteiger partial charge in [-0.3, -0.25) is 0 Å². The van der Waals surface area contributed by atoms with Gasteiger partial charge in [-0.1, -0.05) is 36.4 Å². The molecule has 0 saturated carbocycles. The highest BCUT2D eigenvalue weighted by Crippen LogP contribution is 2.31. The van der Waals surface area contributed by atoms with E-state index in [9.17, 15) is 8.42 Å². The third-order valence-electron chi connectivity index (χ3n) is 5.74. The standard InChI is InChI=1S/C22H24N4O3S/c23-22(14-29-15-22)13-24-19-11-21(25-18-7-3-2-6-17(18)19)26-9-10-30(27,28)20-8-4-1-5-16(20)12-26/h1-8,11H,9-10,12-15,23H2,(H,24,25). The molecule has 0 atom stereocenters. The molecule has 0 bridgehead atoms. The van der Waals surface area contributed by atoms with Crippen LogP contribution in [0.1, 0.15) is 5.56 Å². The Morgan fingerprint density at radius 1 is 1.13 bits per heavy atom. The average Bonchev–Trinajstić information content (AvgIpc) is 2.86. The van der Waals surface area contributed by atoms with Crippen LogP contribution in [0.5, 0.6) is 0 Å². The van der Waals surface area contributed by atoms with E-state index in [1.165, 1.54) is 0 Å². The van der Waals surface area contributed by atoms with E-state index < -0.39 is 9.84 Å². The first-order valence-corrected chi connectivity index (χ1v) is 11.6. The van der Waals surface area contributed by atoms with Crippen LogP contribution in [0.3, 0.4) is 0 Å². The Balaban J connectivity index is 1.53. The number of para-hydroxylation sites is 1. The SMILES string of the molecule is NC1(CNc2cc(N3CCS(=O)(=O)c4ccccc4C3)nc3ccccc23)COC1. The van der Waals surface area contributed by atoms with Gasteiger partial charge in [0.1, 0.15) is 5.82 Å².